The van der Waals surface area contributed by atoms with Crippen molar-refractivity contribution in [2.75, 3.05) is 11.9 Å². The van der Waals surface area contributed by atoms with Crippen LogP contribution in [0.15, 0.2) is 36.4 Å². The summed E-state index contributed by atoms with van der Waals surface area (Å²) in [5.74, 6) is 0.209. The second-order valence-corrected chi connectivity index (χ2v) is 7.79. The first-order chi connectivity index (χ1) is 12.5. The quantitative estimate of drug-likeness (QED) is 0.666. The number of carbonyl (C=O) groups excluding carboxylic acids is 3. The van der Waals surface area contributed by atoms with Gasteiger partial charge >= 0.3 is 0 Å². The van der Waals surface area contributed by atoms with Gasteiger partial charge < -0.3 is 5.32 Å². The van der Waals surface area contributed by atoms with Crippen molar-refractivity contribution in [2.45, 2.75) is 12.8 Å². The molecule has 2 bridgehead atoms. The maximum Gasteiger partial charge on any atom is 0.233 e. The summed E-state index contributed by atoms with van der Waals surface area (Å²) in [6, 6.07) is 5.48. The van der Waals surface area contributed by atoms with Gasteiger partial charge in [-0.3, -0.25) is 19.3 Å². The van der Waals surface area contributed by atoms with Gasteiger partial charge in [-0.1, -0.05) is 12.2 Å². The van der Waals surface area contributed by atoms with Crippen LogP contribution in [0.1, 0.15) is 12.8 Å². The average molecular weight is 354 g/mol. The fourth-order valence-corrected chi connectivity index (χ4v) is 5.21. The number of benzene rings is 1. The van der Waals surface area contributed by atoms with Crippen molar-refractivity contribution in [3.63, 3.8) is 0 Å². The SMILES string of the molecule is O=C(CCN1C(=O)[C@@H]2[C@@H]3C=C[C@@H]([C@H]4C[C@H]34)[C@@H]2C1=O)Nc1ccc(F)cc1. The third kappa shape index (κ3) is 2.24. The van der Waals surface area contributed by atoms with Gasteiger partial charge in [-0.25, -0.2) is 4.39 Å². The topological polar surface area (TPSA) is 66.5 Å². The van der Waals surface area contributed by atoms with Crippen molar-refractivity contribution in [1.29, 1.82) is 0 Å². The summed E-state index contributed by atoms with van der Waals surface area (Å²) in [6.07, 6.45) is 5.45. The van der Waals surface area contributed by atoms with E-state index in [9.17, 15) is 18.8 Å². The van der Waals surface area contributed by atoms with Crippen molar-refractivity contribution >= 4 is 23.4 Å². The van der Waals surface area contributed by atoms with Gasteiger partial charge in [0.1, 0.15) is 5.82 Å². The number of nitrogens with one attached hydrogen (secondary N) is 1. The molecule has 134 valence electrons. The molecule has 1 aromatic carbocycles. The summed E-state index contributed by atoms with van der Waals surface area (Å²) < 4.78 is 12.9. The van der Waals surface area contributed by atoms with Crippen molar-refractivity contribution in [2.24, 2.45) is 35.5 Å². The lowest BCUT2D eigenvalue weighted by atomic mass is 9.63. The molecular formula is C20H19FN2O3. The minimum atomic E-state index is -0.375. The van der Waals surface area contributed by atoms with E-state index >= 15 is 0 Å². The predicted octanol–water partition coefficient (Wildman–Crippen LogP) is 2.21. The second-order valence-electron chi connectivity index (χ2n) is 7.79. The van der Waals surface area contributed by atoms with Crippen LogP contribution in [0, 0.1) is 41.3 Å². The lowest BCUT2D eigenvalue weighted by molar-refractivity contribution is -0.140. The summed E-state index contributed by atoms with van der Waals surface area (Å²) in [5.41, 5.74) is 0.492. The third-order valence-corrected chi connectivity index (χ3v) is 6.44. The third-order valence-electron chi connectivity index (χ3n) is 6.44. The van der Waals surface area contributed by atoms with E-state index in [0.29, 0.717) is 17.5 Å². The van der Waals surface area contributed by atoms with Gasteiger partial charge in [0.2, 0.25) is 17.7 Å². The summed E-state index contributed by atoms with van der Waals surface area (Å²) in [7, 11) is 0. The van der Waals surface area contributed by atoms with Crippen LogP contribution in [0.5, 0.6) is 0 Å². The Balaban J connectivity index is 1.24. The summed E-state index contributed by atoms with van der Waals surface area (Å²) in [5, 5.41) is 2.66. The summed E-state index contributed by atoms with van der Waals surface area (Å²) >= 11 is 0. The molecule has 3 fully saturated rings. The molecule has 0 unspecified atom stereocenters. The van der Waals surface area contributed by atoms with E-state index in [4.69, 9.17) is 0 Å². The van der Waals surface area contributed by atoms with E-state index in [1.54, 1.807) is 0 Å². The number of hydrogen-bond donors (Lipinski definition) is 1. The van der Waals surface area contributed by atoms with Crippen LogP contribution >= 0.6 is 0 Å². The van der Waals surface area contributed by atoms with E-state index < -0.39 is 0 Å². The van der Waals surface area contributed by atoms with Gasteiger partial charge in [-0.15, -0.1) is 0 Å². The van der Waals surface area contributed by atoms with E-state index in [-0.39, 0.29) is 60.2 Å². The maximum atomic E-state index is 12.9. The number of imide groups is 1. The number of likely N-dealkylation sites (tertiary alicyclic amines) is 1. The summed E-state index contributed by atoms with van der Waals surface area (Å²) in [6.45, 7) is 0.104. The molecule has 6 atom stereocenters. The van der Waals surface area contributed by atoms with Crippen LogP contribution in [0.3, 0.4) is 0 Å². The van der Waals surface area contributed by atoms with Crippen LogP contribution in [-0.2, 0) is 14.4 Å². The molecule has 5 nitrogen and oxygen atoms in total. The zero-order valence-electron chi connectivity index (χ0n) is 14.1. The first kappa shape index (κ1) is 15.7. The Morgan fingerprint density at radius 3 is 2.19 bits per heavy atom. The monoisotopic (exact) mass is 354 g/mol. The second kappa shape index (κ2) is 5.50. The molecule has 6 rings (SSSR count). The Hall–Kier alpha value is -2.50. The number of nitrogens with zero attached hydrogens (tertiary/aromatic N) is 1. The molecule has 1 aliphatic heterocycles. The van der Waals surface area contributed by atoms with E-state index in [1.165, 1.54) is 29.2 Å². The van der Waals surface area contributed by atoms with Crippen LogP contribution in [0.2, 0.25) is 0 Å². The maximum absolute atomic E-state index is 12.9. The molecule has 2 saturated carbocycles. The molecule has 4 aliphatic carbocycles. The number of halogens is 1. The fraction of sp³-hybridized carbons (Fsp3) is 0.450. The van der Waals surface area contributed by atoms with Gasteiger partial charge in [-0.05, 0) is 54.4 Å². The largest absolute Gasteiger partial charge is 0.326 e. The van der Waals surface area contributed by atoms with Crippen LogP contribution < -0.4 is 5.32 Å². The standard InChI is InChI=1S/C20H19FN2O3/c21-10-1-3-11(4-2-10)22-16(24)7-8-23-19(25)17-12-5-6-13(15-9-14(12)15)18(17)20(23)26/h1-6,12-15,17-18H,7-9H2,(H,22,24)/t12-,13+,14-,15-,17-,18+/m1/s1. The molecule has 1 aromatic rings. The average Bonchev–Trinajstić information content (AvgIpc) is 3.41. The normalized spacial score (nSPS) is 36.1. The number of amides is 3. The first-order valence-electron chi connectivity index (χ1n) is 9.13. The van der Waals surface area contributed by atoms with Crippen LogP contribution in [0.25, 0.3) is 0 Å². The molecule has 1 heterocycles. The van der Waals surface area contributed by atoms with Crippen LogP contribution in [0.4, 0.5) is 10.1 Å². The molecule has 0 spiro atoms. The zero-order chi connectivity index (χ0) is 18.0. The van der Waals surface area contributed by atoms with Crippen molar-refractivity contribution in [1.82, 2.24) is 4.90 Å². The molecule has 0 radical (unpaired) electrons. The molecule has 1 N–H and O–H groups in total. The number of allylic oxidation sites excluding steroid dienone is 2. The number of carbonyl (C=O) groups is 3. The first-order valence-corrected chi connectivity index (χ1v) is 9.13. The molecule has 1 saturated heterocycles. The zero-order valence-corrected chi connectivity index (χ0v) is 14.1. The predicted molar refractivity (Wildman–Crippen MR) is 91.1 cm³/mol. The molecular weight excluding hydrogens is 335 g/mol. The number of hydrogen-bond acceptors (Lipinski definition) is 3. The van der Waals surface area contributed by atoms with Gasteiger partial charge in [-0.2, -0.15) is 0 Å². The lowest BCUT2D eigenvalue weighted by Crippen LogP contribution is -2.40. The van der Waals surface area contributed by atoms with Gasteiger partial charge in [0.15, 0.2) is 0 Å². The Kier molecular flexibility index (Phi) is 3.33. The van der Waals surface area contributed by atoms with Gasteiger partial charge in [0.05, 0.1) is 11.8 Å². The van der Waals surface area contributed by atoms with Crippen molar-refractivity contribution < 1.29 is 18.8 Å². The highest BCUT2D eigenvalue weighted by Crippen LogP contribution is 2.65. The van der Waals surface area contributed by atoms with Crippen molar-refractivity contribution in [3.05, 3.63) is 42.2 Å². The highest BCUT2D eigenvalue weighted by Gasteiger charge is 2.66. The van der Waals surface area contributed by atoms with Gasteiger partial charge in [0, 0.05) is 18.7 Å². The van der Waals surface area contributed by atoms with Gasteiger partial charge in [0.25, 0.3) is 0 Å². The van der Waals surface area contributed by atoms with Crippen LogP contribution in [-0.4, -0.2) is 29.2 Å². The highest BCUT2D eigenvalue weighted by atomic mass is 19.1. The molecule has 3 amide bonds. The minimum absolute atomic E-state index is 0.0456. The number of rotatable bonds is 4. The Morgan fingerprint density at radius 2 is 1.62 bits per heavy atom. The molecule has 5 aliphatic rings. The Bertz CT molecular complexity index is 798. The van der Waals surface area contributed by atoms with E-state index in [1.807, 2.05) is 0 Å². The highest BCUT2D eigenvalue weighted by molar-refractivity contribution is 6.06. The molecule has 0 aromatic heterocycles. The number of anilines is 1. The minimum Gasteiger partial charge on any atom is -0.326 e. The Morgan fingerprint density at radius 1 is 1.04 bits per heavy atom. The lowest BCUT2D eigenvalue weighted by Gasteiger charge is -2.37. The van der Waals surface area contributed by atoms with E-state index in [0.717, 1.165) is 6.42 Å². The molecule has 6 heteroatoms. The fourth-order valence-electron chi connectivity index (χ4n) is 5.21. The summed E-state index contributed by atoms with van der Waals surface area (Å²) in [4.78, 5) is 39.0. The molecule has 26 heavy (non-hydrogen) atoms. The van der Waals surface area contributed by atoms with E-state index in [2.05, 4.69) is 17.5 Å². The smallest absolute Gasteiger partial charge is 0.233 e. The van der Waals surface area contributed by atoms with Crippen molar-refractivity contribution in [3.8, 4) is 0 Å². The Labute approximate surface area is 150 Å².